The van der Waals surface area contributed by atoms with Crippen molar-refractivity contribution in [1.82, 2.24) is 0 Å². The van der Waals surface area contributed by atoms with E-state index in [-0.39, 0.29) is 11.8 Å². The van der Waals surface area contributed by atoms with Gasteiger partial charge in [0.15, 0.2) is 0 Å². The van der Waals surface area contributed by atoms with Gasteiger partial charge in [0.2, 0.25) is 0 Å². The van der Waals surface area contributed by atoms with E-state index in [2.05, 4.69) is 18.6 Å². The van der Waals surface area contributed by atoms with Crippen LogP contribution in [0.25, 0.3) is 0 Å². The maximum Gasteiger partial charge on any atom is 0.387 e. The zero-order valence-corrected chi connectivity index (χ0v) is 12.3. The van der Waals surface area contributed by atoms with Gasteiger partial charge < -0.3 is 10.5 Å². The van der Waals surface area contributed by atoms with Crippen LogP contribution in [0.3, 0.4) is 0 Å². The van der Waals surface area contributed by atoms with E-state index in [0.717, 1.165) is 18.4 Å². The maximum atomic E-state index is 12.1. The molecule has 0 spiro atoms. The molecular formula is C16H25F2NO. The highest BCUT2D eigenvalue weighted by Crippen LogP contribution is 2.26. The highest BCUT2D eigenvalue weighted by atomic mass is 19.3. The van der Waals surface area contributed by atoms with Crippen LogP contribution < -0.4 is 10.5 Å². The molecule has 2 N–H and O–H groups in total. The quantitative estimate of drug-likeness (QED) is 0.700. The topological polar surface area (TPSA) is 35.2 Å². The summed E-state index contributed by atoms with van der Waals surface area (Å²) in [4.78, 5) is 0. The lowest BCUT2D eigenvalue weighted by molar-refractivity contribution is -0.0498. The number of alkyl halides is 2. The molecular weight excluding hydrogens is 260 g/mol. The number of hydrogen-bond donors (Lipinski definition) is 1. The molecule has 114 valence electrons. The molecule has 1 aromatic carbocycles. The van der Waals surface area contributed by atoms with Crippen molar-refractivity contribution in [1.29, 1.82) is 0 Å². The second kappa shape index (κ2) is 8.90. The summed E-state index contributed by atoms with van der Waals surface area (Å²) in [6, 6.07) is 6.60. The van der Waals surface area contributed by atoms with E-state index in [9.17, 15) is 8.78 Å². The molecule has 0 saturated carbocycles. The Morgan fingerprint density at radius 3 is 2.30 bits per heavy atom. The number of halogens is 2. The van der Waals surface area contributed by atoms with Gasteiger partial charge in [0.25, 0.3) is 0 Å². The molecule has 1 aromatic rings. The third kappa shape index (κ3) is 5.87. The fraction of sp³-hybridized carbons (Fsp3) is 0.625. The zero-order chi connectivity index (χ0) is 15.0. The molecule has 0 aromatic heterocycles. The van der Waals surface area contributed by atoms with Gasteiger partial charge in [-0.05, 0) is 30.0 Å². The Morgan fingerprint density at radius 1 is 1.15 bits per heavy atom. The lowest BCUT2D eigenvalue weighted by atomic mass is 9.89. The van der Waals surface area contributed by atoms with Gasteiger partial charge in [-0.1, -0.05) is 51.7 Å². The Hall–Kier alpha value is -1.16. The summed E-state index contributed by atoms with van der Waals surface area (Å²) in [7, 11) is 0. The van der Waals surface area contributed by atoms with E-state index in [0.29, 0.717) is 5.92 Å². The Kier molecular flexibility index (Phi) is 7.52. The third-order valence-electron chi connectivity index (χ3n) is 3.66. The molecule has 0 amide bonds. The SMILES string of the molecule is CCCCC(CC)CC(N)c1ccc(OC(F)F)cc1. The molecule has 0 aliphatic heterocycles. The number of nitrogens with two attached hydrogens (primary N) is 1. The second-order valence-electron chi connectivity index (χ2n) is 5.21. The smallest absolute Gasteiger partial charge is 0.387 e. The Morgan fingerprint density at radius 2 is 1.80 bits per heavy atom. The summed E-state index contributed by atoms with van der Waals surface area (Å²) < 4.78 is 28.5. The number of unbranched alkanes of at least 4 members (excludes halogenated alkanes) is 1. The number of benzene rings is 1. The number of hydrogen-bond acceptors (Lipinski definition) is 2. The van der Waals surface area contributed by atoms with Crippen LogP contribution in [0, 0.1) is 5.92 Å². The highest BCUT2D eigenvalue weighted by molar-refractivity contribution is 5.29. The predicted molar refractivity (Wildman–Crippen MR) is 77.9 cm³/mol. The highest BCUT2D eigenvalue weighted by Gasteiger charge is 2.14. The van der Waals surface area contributed by atoms with Crippen LogP contribution in [0.2, 0.25) is 0 Å². The fourth-order valence-electron chi connectivity index (χ4n) is 2.37. The Labute approximate surface area is 120 Å². The summed E-state index contributed by atoms with van der Waals surface area (Å²) in [5.41, 5.74) is 7.18. The van der Waals surface area contributed by atoms with Crippen molar-refractivity contribution in [3.05, 3.63) is 29.8 Å². The molecule has 2 nitrogen and oxygen atoms in total. The van der Waals surface area contributed by atoms with Crippen molar-refractivity contribution >= 4 is 0 Å². The average molecular weight is 285 g/mol. The standard InChI is InChI=1S/C16H25F2NO/c1-3-5-6-12(4-2)11-15(19)13-7-9-14(10-8-13)20-16(17)18/h7-10,12,15-16H,3-6,11,19H2,1-2H3. The van der Waals surface area contributed by atoms with Gasteiger partial charge in [0, 0.05) is 6.04 Å². The summed E-state index contributed by atoms with van der Waals surface area (Å²) in [5, 5.41) is 0. The largest absolute Gasteiger partial charge is 0.435 e. The Bertz CT molecular complexity index is 367. The normalized spacial score (nSPS) is 14.3. The molecule has 0 heterocycles. The van der Waals surface area contributed by atoms with Crippen molar-refractivity contribution in [2.45, 2.75) is 58.6 Å². The zero-order valence-electron chi connectivity index (χ0n) is 12.3. The minimum atomic E-state index is -2.78. The fourth-order valence-corrected chi connectivity index (χ4v) is 2.37. The summed E-state index contributed by atoms with van der Waals surface area (Å²) in [6.07, 6.45) is 5.69. The summed E-state index contributed by atoms with van der Waals surface area (Å²) in [5.74, 6) is 0.802. The monoisotopic (exact) mass is 285 g/mol. The molecule has 2 atom stereocenters. The minimum Gasteiger partial charge on any atom is -0.435 e. The molecule has 2 unspecified atom stereocenters. The molecule has 20 heavy (non-hydrogen) atoms. The van der Waals surface area contributed by atoms with Crippen molar-refractivity contribution in [3.63, 3.8) is 0 Å². The molecule has 0 aliphatic carbocycles. The molecule has 0 fully saturated rings. The van der Waals surface area contributed by atoms with Crippen LogP contribution in [-0.2, 0) is 0 Å². The molecule has 0 saturated heterocycles. The summed E-state index contributed by atoms with van der Waals surface area (Å²) in [6.45, 7) is 1.59. The van der Waals surface area contributed by atoms with E-state index < -0.39 is 6.61 Å². The average Bonchev–Trinajstić information content (AvgIpc) is 2.43. The first kappa shape index (κ1) is 16.9. The maximum absolute atomic E-state index is 12.1. The number of ether oxygens (including phenoxy) is 1. The van der Waals surface area contributed by atoms with Crippen LogP contribution >= 0.6 is 0 Å². The van der Waals surface area contributed by atoms with Crippen molar-refractivity contribution in [3.8, 4) is 5.75 Å². The van der Waals surface area contributed by atoms with Crippen LogP contribution in [0.1, 0.15) is 57.6 Å². The second-order valence-corrected chi connectivity index (χ2v) is 5.21. The van der Waals surface area contributed by atoms with Crippen LogP contribution in [0.5, 0.6) is 5.75 Å². The lowest BCUT2D eigenvalue weighted by Gasteiger charge is -2.20. The molecule has 1 rings (SSSR count). The van der Waals surface area contributed by atoms with Gasteiger partial charge in [-0.25, -0.2) is 0 Å². The van der Waals surface area contributed by atoms with Crippen molar-refractivity contribution in [2.75, 3.05) is 0 Å². The van der Waals surface area contributed by atoms with Gasteiger partial charge in [-0.15, -0.1) is 0 Å². The molecule has 0 bridgehead atoms. The van der Waals surface area contributed by atoms with Crippen molar-refractivity contribution < 1.29 is 13.5 Å². The van der Waals surface area contributed by atoms with Gasteiger partial charge in [0.1, 0.15) is 5.75 Å². The molecule has 0 aliphatic rings. The van der Waals surface area contributed by atoms with E-state index in [4.69, 9.17) is 5.73 Å². The third-order valence-corrected chi connectivity index (χ3v) is 3.66. The van der Waals surface area contributed by atoms with Gasteiger partial charge in [0.05, 0.1) is 0 Å². The predicted octanol–water partition coefficient (Wildman–Crippen LogP) is 4.89. The van der Waals surface area contributed by atoms with E-state index >= 15 is 0 Å². The van der Waals surface area contributed by atoms with Crippen LogP contribution in [-0.4, -0.2) is 6.61 Å². The molecule has 0 radical (unpaired) electrons. The number of rotatable bonds is 9. The Balaban J connectivity index is 2.55. The first-order chi connectivity index (χ1) is 9.56. The van der Waals surface area contributed by atoms with Gasteiger partial charge >= 0.3 is 6.61 Å². The van der Waals surface area contributed by atoms with Crippen molar-refractivity contribution in [2.24, 2.45) is 11.7 Å². The summed E-state index contributed by atoms with van der Waals surface area (Å²) >= 11 is 0. The lowest BCUT2D eigenvalue weighted by Crippen LogP contribution is -2.15. The first-order valence-corrected chi connectivity index (χ1v) is 7.37. The molecule has 4 heteroatoms. The van der Waals surface area contributed by atoms with Crippen LogP contribution in [0.4, 0.5) is 8.78 Å². The van der Waals surface area contributed by atoms with E-state index in [1.54, 1.807) is 24.3 Å². The first-order valence-electron chi connectivity index (χ1n) is 7.37. The van der Waals surface area contributed by atoms with E-state index in [1.807, 2.05) is 0 Å². The van der Waals surface area contributed by atoms with E-state index in [1.165, 1.54) is 19.3 Å². The van der Waals surface area contributed by atoms with Gasteiger partial charge in [-0.3, -0.25) is 0 Å². The minimum absolute atomic E-state index is 0.0441. The van der Waals surface area contributed by atoms with Crippen LogP contribution in [0.15, 0.2) is 24.3 Å². The van der Waals surface area contributed by atoms with Gasteiger partial charge in [-0.2, -0.15) is 8.78 Å².